The van der Waals surface area contributed by atoms with Crippen molar-refractivity contribution in [3.63, 3.8) is 0 Å². The number of methoxy groups -OCH3 is 1. The minimum Gasteiger partial charge on any atom is -0.465 e. The molecular weight excluding hydrogens is 619 g/mol. The second-order valence-electron chi connectivity index (χ2n) is 10.9. The number of esters is 1. The van der Waals surface area contributed by atoms with E-state index in [0.29, 0.717) is 59.6 Å². The molecule has 4 aromatic carbocycles. The molecule has 6 rings (SSSR count). The highest BCUT2D eigenvalue weighted by Crippen LogP contribution is 2.37. The number of allylic oxidation sites excluding steroid dienone is 2. The molecule has 0 spiro atoms. The summed E-state index contributed by atoms with van der Waals surface area (Å²) in [5.41, 5.74) is 6.44. The molecule has 5 nitrogen and oxygen atoms in total. The number of hydrogen-bond acceptors (Lipinski definition) is 4. The predicted octanol–water partition coefficient (Wildman–Crippen LogP) is 7.46. The molecule has 2 unspecified atom stereocenters. The van der Waals surface area contributed by atoms with Crippen LogP contribution in [0.25, 0.3) is 45.7 Å². The van der Waals surface area contributed by atoms with Gasteiger partial charge in [-0.1, -0.05) is 77.8 Å². The van der Waals surface area contributed by atoms with E-state index in [2.05, 4.69) is 6.07 Å². The van der Waals surface area contributed by atoms with Gasteiger partial charge in [-0.2, -0.15) is 5.26 Å². The van der Waals surface area contributed by atoms with Gasteiger partial charge in [0, 0.05) is 32.5 Å². The Morgan fingerprint density at radius 2 is 1.72 bits per heavy atom. The molecule has 0 aliphatic heterocycles. The number of hydrogen-bond donors (Lipinski definition) is 0. The first-order chi connectivity index (χ1) is 22.2. The molecule has 8 heteroatoms. The average Bonchev–Trinajstić information content (AvgIpc) is 3.24. The number of aryl methyl sites for hydroxylation is 2. The Bertz CT molecular complexity index is 2250. The Morgan fingerprint density at radius 1 is 0.978 bits per heavy atom. The van der Waals surface area contributed by atoms with Crippen molar-refractivity contribution in [2.24, 2.45) is 0 Å². The summed E-state index contributed by atoms with van der Waals surface area (Å²) < 4.78 is 36.5. The topological polar surface area (TPSA) is 72.1 Å². The summed E-state index contributed by atoms with van der Waals surface area (Å²) in [6, 6.07) is 27.9. The lowest BCUT2D eigenvalue weighted by Crippen LogP contribution is -2.31. The highest BCUT2D eigenvalue weighted by molar-refractivity contribution is 7.83. The Morgan fingerprint density at radius 3 is 2.43 bits per heavy atom. The molecule has 1 aliphatic carbocycles. The molecule has 0 fully saturated rings. The first-order valence-corrected chi connectivity index (χ1v) is 16.0. The smallest absolute Gasteiger partial charge is 0.337 e. The van der Waals surface area contributed by atoms with Crippen LogP contribution in [0.2, 0.25) is 5.02 Å². The van der Waals surface area contributed by atoms with Gasteiger partial charge in [-0.3, -0.25) is 3.97 Å². The number of carbonyl (C=O) groups is 1. The number of nitrogens with zero attached hydrogens (tertiary/aromatic N) is 2. The summed E-state index contributed by atoms with van der Waals surface area (Å²) in [7, 11) is -0.449. The van der Waals surface area contributed by atoms with Gasteiger partial charge in [0.15, 0.2) is 11.0 Å². The lowest BCUT2D eigenvalue weighted by Gasteiger charge is -2.15. The van der Waals surface area contributed by atoms with Crippen molar-refractivity contribution < 1.29 is 18.1 Å². The lowest BCUT2D eigenvalue weighted by molar-refractivity contribution is 0.0600. The van der Waals surface area contributed by atoms with Gasteiger partial charge in [-0.15, -0.1) is 0 Å². The quantitative estimate of drug-likeness (QED) is 0.180. The molecule has 46 heavy (non-hydrogen) atoms. The van der Waals surface area contributed by atoms with Crippen molar-refractivity contribution >= 4 is 40.7 Å². The maximum atomic E-state index is 15.3. The molecule has 1 aliphatic rings. The molecule has 1 aromatic heterocycles. The third-order valence-corrected chi connectivity index (χ3v) is 9.66. The maximum absolute atomic E-state index is 15.3. The van der Waals surface area contributed by atoms with Crippen LogP contribution in [0.4, 0.5) is 4.39 Å². The normalized spacial score (nSPS) is 14.3. The van der Waals surface area contributed by atoms with E-state index in [0.717, 1.165) is 16.7 Å². The molecule has 0 amide bonds. The minimum atomic E-state index is -1.76. The second kappa shape index (κ2) is 12.8. The second-order valence-corrected chi connectivity index (χ2v) is 12.7. The zero-order valence-corrected chi connectivity index (χ0v) is 26.8. The van der Waals surface area contributed by atoms with E-state index in [4.69, 9.17) is 16.3 Å². The van der Waals surface area contributed by atoms with Crippen LogP contribution < -0.4 is 10.6 Å². The van der Waals surface area contributed by atoms with E-state index in [-0.39, 0.29) is 0 Å². The minimum absolute atomic E-state index is 0.323. The summed E-state index contributed by atoms with van der Waals surface area (Å²) in [5, 5.41) is 11.7. The van der Waals surface area contributed by atoms with Crippen LogP contribution in [0, 0.1) is 25.2 Å². The Labute approximate surface area is 273 Å². The first-order valence-electron chi connectivity index (χ1n) is 14.5. The van der Waals surface area contributed by atoms with Crippen LogP contribution >= 0.6 is 11.6 Å². The number of ether oxygens (including phenoxy) is 1. The van der Waals surface area contributed by atoms with Crippen LogP contribution in [-0.4, -0.2) is 27.4 Å². The highest BCUT2D eigenvalue weighted by atomic mass is 35.5. The zero-order valence-electron chi connectivity index (χ0n) is 25.3. The number of nitriles is 1. The van der Waals surface area contributed by atoms with Crippen molar-refractivity contribution in [1.29, 1.82) is 5.26 Å². The fourth-order valence-corrected chi connectivity index (χ4v) is 7.27. The van der Waals surface area contributed by atoms with Crippen LogP contribution in [0.1, 0.15) is 27.0 Å². The number of fused-ring (bicyclic) bond motifs is 1. The number of aromatic nitrogens is 1. The van der Waals surface area contributed by atoms with Crippen molar-refractivity contribution in [2.75, 3.05) is 7.11 Å². The number of alkyl halides is 1. The van der Waals surface area contributed by atoms with E-state index in [9.17, 15) is 14.3 Å². The van der Waals surface area contributed by atoms with Crippen molar-refractivity contribution in [3.05, 3.63) is 135 Å². The van der Waals surface area contributed by atoms with Gasteiger partial charge >= 0.3 is 5.97 Å². The number of benzene rings is 4. The molecular formula is C38H28ClFN2O3S. The van der Waals surface area contributed by atoms with E-state index < -0.39 is 23.1 Å². The summed E-state index contributed by atoms with van der Waals surface area (Å²) >= 11 is 6.68. The summed E-state index contributed by atoms with van der Waals surface area (Å²) in [4.78, 5) is 12.7. The molecule has 5 aromatic rings. The van der Waals surface area contributed by atoms with E-state index in [1.807, 2.05) is 80.6 Å². The third kappa shape index (κ3) is 5.62. The van der Waals surface area contributed by atoms with Crippen LogP contribution in [-0.2, 0) is 15.7 Å². The van der Waals surface area contributed by atoms with Crippen molar-refractivity contribution in [1.82, 2.24) is 3.97 Å². The number of carbonyl (C=O) groups excluding carboxylic acids is 1. The number of halogens is 2. The Hall–Kier alpha value is -5.03. The summed E-state index contributed by atoms with van der Waals surface area (Å²) in [5.74, 6) is -0.496. The van der Waals surface area contributed by atoms with Crippen molar-refractivity contribution in [2.45, 2.75) is 24.9 Å². The molecule has 0 bridgehead atoms. The van der Waals surface area contributed by atoms with Gasteiger partial charge in [0.2, 0.25) is 0 Å². The van der Waals surface area contributed by atoms with Gasteiger partial charge in [0.05, 0.1) is 34.2 Å². The maximum Gasteiger partial charge on any atom is 0.337 e. The van der Waals surface area contributed by atoms with Crippen LogP contribution in [0.15, 0.2) is 102 Å². The summed E-state index contributed by atoms with van der Waals surface area (Å²) in [6.07, 6.45) is 4.93. The molecule has 228 valence electrons. The van der Waals surface area contributed by atoms with Crippen LogP contribution in [0.3, 0.4) is 0 Å². The molecule has 2 atom stereocenters. The Kier molecular flexibility index (Phi) is 8.59. The fraction of sp³-hybridized carbons (Fsp3) is 0.105. The van der Waals surface area contributed by atoms with E-state index >= 15 is 4.39 Å². The molecule has 0 N–H and O–H groups in total. The largest absolute Gasteiger partial charge is 0.465 e. The van der Waals surface area contributed by atoms with Gasteiger partial charge < -0.3 is 4.74 Å². The fourth-order valence-electron chi connectivity index (χ4n) is 5.70. The average molecular weight is 647 g/mol. The van der Waals surface area contributed by atoms with Crippen LogP contribution in [0.5, 0.6) is 0 Å². The van der Waals surface area contributed by atoms with Gasteiger partial charge in [-0.05, 0) is 73.5 Å². The zero-order chi connectivity index (χ0) is 32.5. The van der Waals surface area contributed by atoms with Gasteiger partial charge in [0.1, 0.15) is 12.2 Å². The monoisotopic (exact) mass is 646 g/mol. The van der Waals surface area contributed by atoms with Crippen molar-refractivity contribution in [3.8, 4) is 39.6 Å². The molecule has 1 heterocycles. The van der Waals surface area contributed by atoms with E-state index in [1.165, 1.54) is 19.3 Å². The van der Waals surface area contributed by atoms with Gasteiger partial charge in [0.25, 0.3) is 0 Å². The first kappa shape index (κ1) is 31.0. The van der Waals surface area contributed by atoms with Gasteiger partial charge in [-0.25, -0.2) is 13.4 Å². The predicted molar refractivity (Wildman–Crippen MR) is 182 cm³/mol. The SMILES string of the molecule is COC(=O)c1ccc(-c2cccc(-c3c(-c4cccc(C)c4C#N)c4c(n3S(=O)c3ccc(C)cc3)=CC=CC(F)C=4)c2)c(Cl)c1. The lowest BCUT2D eigenvalue weighted by atomic mass is 9.92. The molecule has 0 saturated heterocycles. The van der Waals surface area contributed by atoms with E-state index in [1.54, 1.807) is 34.3 Å². The molecule has 0 saturated carbocycles. The Balaban J connectivity index is 1.71. The highest BCUT2D eigenvalue weighted by Gasteiger charge is 2.26. The number of rotatable bonds is 6. The summed E-state index contributed by atoms with van der Waals surface area (Å²) in [6.45, 7) is 3.82. The third-order valence-electron chi connectivity index (χ3n) is 7.96. The standard InChI is InChI=1S/C38H28ClFN2O3S/c1-23-13-16-29(17-14-23)46(44)42-35-12-6-10-28(40)21-32(35)36(31-11-4-7-24(2)33(31)22-41)37(42)26-9-5-8-25(19-26)30-18-15-27(20-34(30)39)38(43)45-3/h4-21,28H,1-3H3. The molecule has 0 radical (unpaired) electrons.